The van der Waals surface area contributed by atoms with Crippen molar-refractivity contribution in [2.45, 2.75) is 20.8 Å². The van der Waals surface area contributed by atoms with Gasteiger partial charge in [0.15, 0.2) is 5.78 Å². The number of nitrogens with one attached hydrogen (secondary N) is 1. The van der Waals surface area contributed by atoms with E-state index in [0.29, 0.717) is 30.0 Å². The first kappa shape index (κ1) is 18.3. The molecule has 0 atom stereocenters. The summed E-state index contributed by atoms with van der Waals surface area (Å²) in [5.41, 5.74) is 2.48. The number of carbonyl (C=O) groups excluding carboxylic acids is 2. The fourth-order valence-electron chi connectivity index (χ4n) is 2.62. The van der Waals surface area contributed by atoms with Gasteiger partial charge in [0, 0.05) is 22.8 Å². The minimum atomic E-state index is -0.150. The number of aromatic amines is 1. The standard InChI is InChI=1S/C18H21BrN2O3/c1-11-16(13(3)22)12(2)20-17(11)18(23)21(4)9-10-24-15-7-5-14(19)6-8-15/h5-8,20H,9-10H2,1-4H3. The molecule has 1 aromatic carbocycles. The van der Waals surface area contributed by atoms with E-state index in [2.05, 4.69) is 20.9 Å². The monoisotopic (exact) mass is 392 g/mol. The zero-order chi connectivity index (χ0) is 17.9. The Hall–Kier alpha value is -2.08. The van der Waals surface area contributed by atoms with Crippen molar-refractivity contribution in [1.29, 1.82) is 0 Å². The Morgan fingerprint density at radius 3 is 2.38 bits per heavy atom. The minimum Gasteiger partial charge on any atom is -0.492 e. The number of likely N-dealkylation sites (N-methyl/N-ethyl adjacent to an activating group) is 1. The molecule has 0 saturated heterocycles. The Balaban J connectivity index is 1.98. The van der Waals surface area contributed by atoms with Crippen molar-refractivity contribution >= 4 is 27.6 Å². The molecule has 0 aliphatic heterocycles. The summed E-state index contributed by atoms with van der Waals surface area (Å²) < 4.78 is 6.62. The number of hydrogen-bond acceptors (Lipinski definition) is 3. The van der Waals surface area contributed by atoms with Gasteiger partial charge in [-0.1, -0.05) is 15.9 Å². The largest absolute Gasteiger partial charge is 0.492 e. The first-order valence-electron chi connectivity index (χ1n) is 7.65. The molecule has 0 bridgehead atoms. The molecule has 0 radical (unpaired) electrons. The van der Waals surface area contributed by atoms with Gasteiger partial charge in [0.25, 0.3) is 5.91 Å². The minimum absolute atomic E-state index is 0.0403. The summed E-state index contributed by atoms with van der Waals surface area (Å²) in [5.74, 6) is 0.564. The van der Waals surface area contributed by atoms with Crippen molar-refractivity contribution < 1.29 is 14.3 Å². The maximum atomic E-state index is 12.6. The molecule has 1 amide bonds. The van der Waals surface area contributed by atoms with Gasteiger partial charge in [-0.15, -0.1) is 0 Å². The van der Waals surface area contributed by atoms with Gasteiger partial charge in [0.05, 0.1) is 6.54 Å². The molecule has 6 heteroatoms. The second-order valence-electron chi connectivity index (χ2n) is 5.71. The molecule has 0 spiro atoms. The van der Waals surface area contributed by atoms with E-state index in [-0.39, 0.29) is 11.7 Å². The highest BCUT2D eigenvalue weighted by molar-refractivity contribution is 9.10. The van der Waals surface area contributed by atoms with Crippen LogP contribution in [-0.4, -0.2) is 41.8 Å². The first-order chi connectivity index (χ1) is 11.3. The fourth-order valence-corrected chi connectivity index (χ4v) is 2.88. The number of hydrogen-bond donors (Lipinski definition) is 1. The number of aryl methyl sites for hydroxylation is 1. The maximum Gasteiger partial charge on any atom is 0.270 e. The Morgan fingerprint density at radius 1 is 1.21 bits per heavy atom. The number of rotatable bonds is 6. The molecular weight excluding hydrogens is 372 g/mol. The van der Waals surface area contributed by atoms with Crippen molar-refractivity contribution in [3.05, 3.63) is 51.3 Å². The molecule has 0 aliphatic carbocycles. The van der Waals surface area contributed by atoms with E-state index < -0.39 is 0 Å². The number of Topliss-reactive ketones (excluding diaryl/α,β-unsaturated/α-hetero) is 1. The van der Waals surface area contributed by atoms with E-state index in [0.717, 1.165) is 15.9 Å². The van der Waals surface area contributed by atoms with Crippen molar-refractivity contribution in [3.63, 3.8) is 0 Å². The summed E-state index contributed by atoms with van der Waals surface area (Å²) in [6.45, 7) is 5.94. The average molecular weight is 393 g/mol. The second-order valence-corrected chi connectivity index (χ2v) is 6.63. The molecule has 1 N–H and O–H groups in total. The van der Waals surface area contributed by atoms with Crippen molar-refractivity contribution in [1.82, 2.24) is 9.88 Å². The van der Waals surface area contributed by atoms with Crippen LogP contribution in [0.25, 0.3) is 0 Å². The Kier molecular flexibility index (Phi) is 5.83. The molecule has 0 unspecified atom stereocenters. The molecule has 1 heterocycles. The van der Waals surface area contributed by atoms with Gasteiger partial charge in [-0.25, -0.2) is 0 Å². The van der Waals surface area contributed by atoms with Crippen molar-refractivity contribution in [2.24, 2.45) is 0 Å². The van der Waals surface area contributed by atoms with E-state index in [1.165, 1.54) is 6.92 Å². The molecular formula is C18H21BrN2O3. The Morgan fingerprint density at radius 2 is 1.83 bits per heavy atom. The smallest absolute Gasteiger partial charge is 0.270 e. The SMILES string of the molecule is CC(=O)c1c(C)[nH]c(C(=O)N(C)CCOc2ccc(Br)cc2)c1C. The van der Waals surface area contributed by atoms with E-state index in [1.54, 1.807) is 25.8 Å². The van der Waals surface area contributed by atoms with Crippen LogP contribution in [0.5, 0.6) is 5.75 Å². The molecule has 0 saturated carbocycles. The lowest BCUT2D eigenvalue weighted by Crippen LogP contribution is -2.31. The van der Waals surface area contributed by atoms with Crippen LogP contribution in [0.2, 0.25) is 0 Å². The molecule has 0 aliphatic rings. The predicted molar refractivity (Wildman–Crippen MR) is 96.9 cm³/mol. The molecule has 128 valence electrons. The van der Waals surface area contributed by atoms with Gasteiger partial charge in [-0.2, -0.15) is 0 Å². The highest BCUT2D eigenvalue weighted by atomic mass is 79.9. The average Bonchev–Trinajstić information content (AvgIpc) is 2.83. The Bertz CT molecular complexity index is 750. The normalized spacial score (nSPS) is 10.5. The van der Waals surface area contributed by atoms with Crippen LogP contribution in [0.15, 0.2) is 28.7 Å². The topological polar surface area (TPSA) is 62.4 Å². The van der Waals surface area contributed by atoms with Crippen LogP contribution in [-0.2, 0) is 0 Å². The van der Waals surface area contributed by atoms with Crippen molar-refractivity contribution in [2.75, 3.05) is 20.2 Å². The highest BCUT2D eigenvalue weighted by Crippen LogP contribution is 2.20. The number of nitrogens with zero attached hydrogens (tertiary/aromatic N) is 1. The van der Waals surface area contributed by atoms with Crippen LogP contribution in [0.1, 0.15) is 39.0 Å². The highest BCUT2D eigenvalue weighted by Gasteiger charge is 2.22. The number of benzene rings is 1. The summed E-state index contributed by atoms with van der Waals surface area (Å²) in [6.07, 6.45) is 0. The fraction of sp³-hybridized carbons (Fsp3) is 0.333. The number of amides is 1. The van der Waals surface area contributed by atoms with Crippen LogP contribution in [0.3, 0.4) is 0 Å². The zero-order valence-electron chi connectivity index (χ0n) is 14.3. The summed E-state index contributed by atoms with van der Waals surface area (Å²) in [6, 6.07) is 7.53. The van der Waals surface area contributed by atoms with E-state index >= 15 is 0 Å². The van der Waals surface area contributed by atoms with Gasteiger partial charge >= 0.3 is 0 Å². The first-order valence-corrected chi connectivity index (χ1v) is 8.44. The molecule has 2 aromatic rings. The molecule has 5 nitrogen and oxygen atoms in total. The number of ether oxygens (including phenoxy) is 1. The third-order valence-corrected chi connectivity index (χ3v) is 4.39. The maximum absolute atomic E-state index is 12.6. The Labute approximate surface area is 150 Å². The van der Waals surface area contributed by atoms with E-state index in [9.17, 15) is 9.59 Å². The van der Waals surface area contributed by atoms with Crippen LogP contribution in [0, 0.1) is 13.8 Å². The zero-order valence-corrected chi connectivity index (χ0v) is 15.9. The van der Waals surface area contributed by atoms with Gasteiger partial charge in [0.2, 0.25) is 0 Å². The third-order valence-electron chi connectivity index (χ3n) is 3.86. The lowest BCUT2D eigenvalue weighted by atomic mass is 10.1. The number of carbonyl (C=O) groups is 2. The van der Waals surface area contributed by atoms with Crippen LogP contribution >= 0.6 is 15.9 Å². The summed E-state index contributed by atoms with van der Waals surface area (Å²) in [5, 5.41) is 0. The van der Waals surface area contributed by atoms with Gasteiger partial charge < -0.3 is 14.6 Å². The van der Waals surface area contributed by atoms with Crippen molar-refractivity contribution in [3.8, 4) is 5.75 Å². The van der Waals surface area contributed by atoms with Gasteiger partial charge in [-0.05, 0) is 50.6 Å². The molecule has 1 aromatic heterocycles. The number of ketones is 1. The summed E-state index contributed by atoms with van der Waals surface area (Å²) >= 11 is 3.37. The molecule has 0 fully saturated rings. The quantitative estimate of drug-likeness (QED) is 0.761. The van der Waals surface area contributed by atoms with Crippen LogP contribution in [0.4, 0.5) is 0 Å². The number of H-pyrrole nitrogens is 1. The number of halogens is 1. The third kappa shape index (κ3) is 4.06. The van der Waals surface area contributed by atoms with Gasteiger partial charge in [0.1, 0.15) is 18.1 Å². The molecule has 24 heavy (non-hydrogen) atoms. The van der Waals surface area contributed by atoms with Gasteiger partial charge in [-0.3, -0.25) is 9.59 Å². The summed E-state index contributed by atoms with van der Waals surface area (Å²) in [4.78, 5) is 28.9. The van der Waals surface area contributed by atoms with Crippen LogP contribution < -0.4 is 4.74 Å². The lowest BCUT2D eigenvalue weighted by Gasteiger charge is -2.17. The molecule has 2 rings (SSSR count). The number of aromatic nitrogens is 1. The van der Waals surface area contributed by atoms with E-state index in [4.69, 9.17) is 4.74 Å². The lowest BCUT2D eigenvalue weighted by molar-refractivity contribution is 0.0768. The summed E-state index contributed by atoms with van der Waals surface area (Å²) in [7, 11) is 1.72. The van der Waals surface area contributed by atoms with E-state index in [1.807, 2.05) is 24.3 Å². The predicted octanol–water partition coefficient (Wildman–Crippen LogP) is 3.75. The second kappa shape index (κ2) is 7.66.